The Labute approximate surface area is 191 Å². The number of nitrogens with one attached hydrogen (secondary N) is 1. The molecule has 1 N–H and O–H groups in total. The van der Waals surface area contributed by atoms with Crippen molar-refractivity contribution in [1.29, 1.82) is 0 Å². The molecule has 33 heavy (non-hydrogen) atoms. The third-order valence-corrected chi connectivity index (χ3v) is 5.18. The number of carbonyl (C=O) groups excluding carboxylic acids is 2. The monoisotopic (exact) mass is 467 g/mol. The number of aromatic nitrogens is 2. The normalized spacial score (nSPS) is 10.9. The maximum atomic E-state index is 13.5. The predicted molar refractivity (Wildman–Crippen MR) is 121 cm³/mol. The number of halogens is 3. The summed E-state index contributed by atoms with van der Waals surface area (Å²) in [5.41, 5.74) is 0.479. The molecule has 0 fully saturated rings. The molecule has 0 aliphatic rings. The summed E-state index contributed by atoms with van der Waals surface area (Å²) in [5.74, 6) is -3.26. The van der Waals surface area contributed by atoms with E-state index in [4.69, 9.17) is 11.6 Å². The lowest BCUT2D eigenvalue weighted by molar-refractivity contribution is -0.116. The molecule has 4 rings (SSSR count). The van der Waals surface area contributed by atoms with Crippen molar-refractivity contribution < 1.29 is 18.4 Å². The van der Waals surface area contributed by atoms with Crippen molar-refractivity contribution in [3.8, 4) is 0 Å². The van der Waals surface area contributed by atoms with Crippen molar-refractivity contribution in [2.75, 3.05) is 5.32 Å². The molecule has 2 aromatic carbocycles. The van der Waals surface area contributed by atoms with E-state index >= 15 is 0 Å². The molecule has 0 unspecified atom stereocenters. The van der Waals surface area contributed by atoms with E-state index in [-0.39, 0.29) is 34.4 Å². The number of anilines is 1. The Hall–Kier alpha value is -3.91. The summed E-state index contributed by atoms with van der Waals surface area (Å²) < 4.78 is 28.0. The molecule has 2 heterocycles. The molecule has 0 bridgehead atoms. The Morgan fingerprint density at radius 1 is 1.03 bits per heavy atom. The number of hydrogen-bond donors (Lipinski definition) is 1. The van der Waals surface area contributed by atoms with Gasteiger partial charge in [0, 0.05) is 34.2 Å². The molecule has 9 heteroatoms. The van der Waals surface area contributed by atoms with E-state index in [2.05, 4.69) is 10.3 Å². The molecular weight excluding hydrogens is 452 g/mol. The van der Waals surface area contributed by atoms with Crippen LogP contribution in [0.5, 0.6) is 0 Å². The molecule has 0 aliphatic heterocycles. The van der Waals surface area contributed by atoms with E-state index in [9.17, 15) is 23.2 Å². The number of rotatable bonds is 5. The van der Waals surface area contributed by atoms with Crippen LogP contribution in [0.3, 0.4) is 0 Å². The second kappa shape index (κ2) is 8.91. The van der Waals surface area contributed by atoms with E-state index in [0.29, 0.717) is 10.7 Å². The number of nitrogens with zero attached hydrogens (tertiary/aromatic N) is 2. The fraction of sp³-hybridized carbons (Fsp3) is 0.0833. The largest absolute Gasteiger partial charge is 0.324 e. The molecule has 0 atom stereocenters. The van der Waals surface area contributed by atoms with Gasteiger partial charge in [-0.3, -0.25) is 14.4 Å². The lowest BCUT2D eigenvalue weighted by Crippen LogP contribution is -2.25. The first kappa shape index (κ1) is 22.3. The number of fused-ring (bicyclic) bond motifs is 1. The number of ketones is 1. The van der Waals surface area contributed by atoms with Gasteiger partial charge >= 0.3 is 0 Å². The minimum Gasteiger partial charge on any atom is -0.324 e. The highest BCUT2D eigenvalue weighted by Crippen LogP contribution is 2.17. The van der Waals surface area contributed by atoms with Crippen LogP contribution in [-0.4, -0.2) is 21.2 Å². The molecule has 2 aromatic heterocycles. The van der Waals surface area contributed by atoms with Crippen molar-refractivity contribution >= 4 is 40.0 Å². The maximum absolute atomic E-state index is 13.5. The Kier molecular flexibility index (Phi) is 6.02. The van der Waals surface area contributed by atoms with Gasteiger partial charge in [0.2, 0.25) is 11.3 Å². The second-order valence-corrected chi connectivity index (χ2v) is 7.77. The predicted octanol–water partition coefficient (Wildman–Crippen LogP) is 4.51. The number of amides is 1. The van der Waals surface area contributed by atoms with Crippen molar-refractivity contribution in [1.82, 2.24) is 9.55 Å². The van der Waals surface area contributed by atoms with Gasteiger partial charge in [0.25, 0.3) is 0 Å². The molecule has 0 aliphatic carbocycles. The number of hydrogen-bond acceptors (Lipinski definition) is 4. The highest BCUT2D eigenvalue weighted by molar-refractivity contribution is 6.30. The van der Waals surface area contributed by atoms with Gasteiger partial charge in [-0.05, 0) is 55.5 Å². The second-order valence-electron chi connectivity index (χ2n) is 7.34. The lowest BCUT2D eigenvalue weighted by Gasteiger charge is -2.13. The van der Waals surface area contributed by atoms with Gasteiger partial charge in [-0.25, -0.2) is 13.8 Å². The van der Waals surface area contributed by atoms with Crippen molar-refractivity contribution in [2.45, 2.75) is 13.5 Å². The fourth-order valence-corrected chi connectivity index (χ4v) is 3.45. The zero-order valence-electron chi connectivity index (χ0n) is 17.2. The van der Waals surface area contributed by atoms with Gasteiger partial charge < -0.3 is 9.88 Å². The Morgan fingerprint density at radius 3 is 2.45 bits per heavy atom. The van der Waals surface area contributed by atoms with Crippen LogP contribution in [0.4, 0.5) is 14.5 Å². The Morgan fingerprint density at radius 2 is 1.76 bits per heavy atom. The summed E-state index contributed by atoms with van der Waals surface area (Å²) in [6.45, 7) is 1.40. The van der Waals surface area contributed by atoms with E-state index in [1.165, 1.54) is 41.1 Å². The molecule has 0 saturated carbocycles. The van der Waals surface area contributed by atoms with Gasteiger partial charge in [0.15, 0.2) is 17.4 Å². The average molecular weight is 468 g/mol. The highest BCUT2D eigenvalue weighted by Gasteiger charge is 2.19. The van der Waals surface area contributed by atoms with Crippen LogP contribution >= 0.6 is 11.6 Å². The minimum absolute atomic E-state index is 0.0610. The molecule has 1 amide bonds. The third-order valence-electron chi connectivity index (χ3n) is 4.93. The van der Waals surface area contributed by atoms with Crippen LogP contribution < -0.4 is 10.7 Å². The number of aryl methyl sites for hydroxylation is 1. The van der Waals surface area contributed by atoms with Crippen LogP contribution in [0.15, 0.2) is 65.6 Å². The molecule has 166 valence electrons. The van der Waals surface area contributed by atoms with Gasteiger partial charge in [-0.1, -0.05) is 11.6 Å². The summed E-state index contributed by atoms with van der Waals surface area (Å²) in [6, 6.07) is 12.2. The molecule has 0 spiro atoms. The van der Waals surface area contributed by atoms with Crippen LogP contribution in [-0.2, 0) is 11.3 Å². The molecule has 6 nitrogen and oxygen atoms in total. The van der Waals surface area contributed by atoms with E-state index in [1.807, 2.05) is 0 Å². The molecule has 0 saturated heterocycles. The van der Waals surface area contributed by atoms with Gasteiger partial charge in [-0.2, -0.15) is 0 Å². The Balaban J connectivity index is 1.75. The zero-order chi connectivity index (χ0) is 23.7. The van der Waals surface area contributed by atoms with Gasteiger partial charge in [0.1, 0.15) is 12.2 Å². The van der Waals surface area contributed by atoms with Gasteiger partial charge in [-0.15, -0.1) is 0 Å². The number of carbonyl (C=O) groups is 2. The van der Waals surface area contributed by atoms with E-state index in [1.54, 1.807) is 19.1 Å². The summed E-state index contributed by atoms with van der Waals surface area (Å²) in [6.07, 6.45) is 1.28. The van der Waals surface area contributed by atoms with Crippen LogP contribution in [0.1, 0.15) is 21.6 Å². The van der Waals surface area contributed by atoms with Crippen molar-refractivity contribution in [2.24, 2.45) is 0 Å². The Bertz CT molecular complexity index is 1470. The minimum atomic E-state index is -1.10. The quantitative estimate of drug-likeness (QED) is 0.438. The summed E-state index contributed by atoms with van der Waals surface area (Å²) in [5, 5.41) is 3.08. The van der Waals surface area contributed by atoms with Gasteiger partial charge in [0.05, 0.1) is 10.9 Å². The summed E-state index contributed by atoms with van der Waals surface area (Å²) in [7, 11) is 0. The first-order chi connectivity index (χ1) is 15.7. The lowest BCUT2D eigenvalue weighted by atomic mass is 10.0. The van der Waals surface area contributed by atoms with Crippen LogP contribution in [0.2, 0.25) is 5.02 Å². The van der Waals surface area contributed by atoms with Crippen molar-refractivity contribution in [3.05, 3.63) is 104 Å². The highest BCUT2D eigenvalue weighted by atomic mass is 35.5. The van der Waals surface area contributed by atoms with E-state index < -0.39 is 28.8 Å². The van der Waals surface area contributed by atoms with E-state index in [0.717, 1.165) is 12.1 Å². The summed E-state index contributed by atoms with van der Waals surface area (Å²) >= 11 is 5.88. The smallest absolute Gasteiger partial charge is 0.244 e. The molecule has 4 aromatic rings. The maximum Gasteiger partial charge on any atom is 0.244 e. The van der Waals surface area contributed by atoms with Crippen LogP contribution in [0, 0.1) is 18.6 Å². The molecular formula is C24H16ClF2N3O3. The number of benzene rings is 2. The average Bonchev–Trinajstić information content (AvgIpc) is 2.78. The summed E-state index contributed by atoms with van der Waals surface area (Å²) in [4.78, 5) is 43.1. The first-order valence-electron chi connectivity index (χ1n) is 9.79. The standard InChI is InChI=1S/C24H16ClF2N3O3/c1-13-2-8-17-23(33)18(22(32)14-3-5-15(25)6-4-14)11-30(24(17)28-13)12-21(31)29-16-7-9-19(26)20(27)10-16/h2-11H,12H2,1H3,(H,29,31). The first-order valence-corrected chi connectivity index (χ1v) is 10.2. The topological polar surface area (TPSA) is 81.1 Å². The SMILES string of the molecule is Cc1ccc2c(=O)c(C(=O)c3ccc(Cl)cc3)cn(CC(=O)Nc3ccc(F)c(F)c3)c2n1. The van der Waals surface area contributed by atoms with Crippen molar-refractivity contribution in [3.63, 3.8) is 0 Å². The third kappa shape index (κ3) is 4.65. The van der Waals surface area contributed by atoms with Crippen LogP contribution in [0.25, 0.3) is 11.0 Å². The number of pyridine rings is 2. The molecule has 0 radical (unpaired) electrons. The zero-order valence-corrected chi connectivity index (χ0v) is 18.0. The fourth-order valence-electron chi connectivity index (χ4n) is 3.33.